The van der Waals surface area contributed by atoms with E-state index in [1.165, 1.54) is 37.9 Å². The molecule has 0 N–H and O–H groups in total. The molecule has 0 spiro atoms. The quantitative estimate of drug-likeness (QED) is 0.396. The lowest BCUT2D eigenvalue weighted by Crippen LogP contribution is -1.87. The molecule has 0 fully saturated rings. The van der Waals surface area contributed by atoms with Gasteiger partial charge in [0.25, 0.3) is 0 Å². The Hall–Kier alpha value is -2.08. The summed E-state index contributed by atoms with van der Waals surface area (Å²) in [6.45, 7) is 2.10. The van der Waals surface area contributed by atoms with Crippen molar-refractivity contribution in [2.75, 3.05) is 0 Å². The van der Waals surface area contributed by atoms with Crippen LogP contribution in [0.25, 0.3) is 32.3 Å². The smallest absolute Gasteiger partial charge is 0.00239 e. The Morgan fingerprint density at radius 2 is 1.28 bits per heavy atom. The summed E-state index contributed by atoms with van der Waals surface area (Å²) in [7, 11) is 0. The molecule has 4 rings (SSSR count). The molecular formula is C18H13. The lowest BCUT2D eigenvalue weighted by atomic mass is 9.91. The molecule has 0 heterocycles. The largest absolute Gasteiger partial charge is 0.0610 e. The van der Waals surface area contributed by atoms with E-state index in [1.807, 2.05) is 0 Å². The van der Waals surface area contributed by atoms with Crippen molar-refractivity contribution in [2.24, 2.45) is 0 Å². The Labute approximate surface area is 106 Å². The lowest BCUT2D eigenvalue weighted by Gasteiger charge is -2.12. The number of benzene rings is 4. The lowest BCUT2D eigenvalue weighted by molar-refractivity contribution is 1.47. The zero-order chi connectivity index (χ0) is 12.1. The van der Waals surface area contributed by atoms with Crippen LogP contribution in [0.1, 0.15) is 12.5 Å². The molecule has 1 radical (unpaired) electrons. The van der Waals surface area contributed by atoms with E-state index < -0.39 is 0 Å². The minimum absolute atomic E-state index is 1.32. The maximum atomic E-state index is 2.25. The third-order valence-corrected chi connectivity index (χ3v) is 3.87. The van der Waals surface area contributed by atoms with Crippen molar-refractivity contribution in [1.82, 2.24) is 0 Å². The molecule has 0 bridgehead atoms. The molecule has 0 heteroatoms. The summed E-state index contributed by atoms with van der Waals surface area (Å²) < 4.78 is 0. The van der Waals surface area contributed by atoms with Gasteiger partial charge in [-0.05, 0) is 44.3 Å². The molecule has 18 heavy (non-hydrogen) atoms. The average molecular weight is 229 g/mol. The molecule has 4 aromatic carbocycles. The van der Waals surface area contributed by atoms with Crippen molar-refractivity contribution < 1.29 is 0 Å². The maximum Gasteiger partial charge on any atom is -0.00239 e. The first-order valence-corrected chi connectivity index (χ1v) is 6.34. The molecule has 0 nitrogen and oxygen atoms in total. The van der Waals surface area contributed by atoms with Crippen LogP contribution >= 0.6 is 0 Å². The van der Waals surface area contributed by atoms with Crippen LogP contribution in [0.5, 0.6) is 0 Å². The number of rotatable bonds is 1. The number of hydrogen-bond acceptors (Lipinski definition) is 0. The van der Waals surface area contributed by atoms with Crippen LogP contribution in [-0.2, 0) is 0 Å². The van der Waals surface area contributed by atoms with Crippen molar-refractivity contribution in [3.8, 4) is 0 Å². The van der Waals surface area contributed by atoms with Gasteiger partial charge in [-0.25, -0.2) is 0 Å². The molecule has 4 aromatic rings. The zero-order valence-corrected chi connectivity index (χ0v) is 10.3. The Morgan fingerprint density at radius 1 is 0.667 bits per heavy atom. The van der Waals surface area contributed by atoms with Gasteiger partial charge in [0.15, 0.2) is 0 Å². The standard InChI is InChI=1S/C18H13/c1-2-12-6-7-15-9-8-13-4-3-5-14-10-11-16(12)18(15)17(13)14/h2-11H,1H3. The molecule has 0 aliphatic rings. The van der Waals surface area contributed by atoms with Crippen LogP contribution in [0.3, 0.4) is 0 Å². The van der Waals surface area contributed by atoms with E-state index in [-0.39, 0.29) is 0 Å². The van der Waals surface area contributed by atoms with Crippen LogP contribution in [0.2, 0.25) is 0 Å². The van der Waals surface area contributed by atoms with Crippen LogP contribution in [0, 0.1) is 6.42 Å². The molecule has 0 saturated heterocycles. The van der Waals surface area contributed by atoms with Crippen molar-refractivity contribution in [3.63, 3.8) is 0 Å². The fourth-order valence-corrected chi connectivity index (χ4v) is 3.01. The van der Waals surface area contributed by atoms with Gasteiger partial charge in [0, 0.05) is 0 Å². The average Bonchev–Trinajstić information content (AvgIpc) is 2.44. The number of hydrogen-bond donors (Lipinski definition) is 0. The van der Waals surface area contributed by atoms with E-state index >= 15 is 0 Å². The monoisotopic (exact) mass is 229 g/mol. The predicted octanol–water partition coefficient (Wildman–Crippen LogP) is 5.16. The topological polar surface area (TPSA) is 0 Å². The predicted molar refractivity (Wildman–Crippen MR) is 79.2 cm³/mol. The first-order chi connectivity index (χ1) is 8.88. The molecular weight excluding hydrogens is 216 g/mol. The normalized spacial score (nSPS) is 11.8. The molecule has 0 atom stereocenters. The second-order valence-corrected chi connectivity index (χ2v) is 4.80. The van der Waals surface area contributed by atoms with Crippen LogP contribution in [-0.4, -0.2) is 0 Å². The summed E-state index contributed by atoms with van der Waals surface area (Å²) in [5.74, 6) is 0. The summed E-state index contributed by atoms with van der Waals surface area (Å²) in [6, 6.07) is 19.9. The van der Waals surface area contributed by atoms with Gasteiger partial charge in [-0.1, -0.05) is 61.5 Å². The summed E-state index contributed by atoms with van der Waals surface area (Å²) in [5, 5.41) is 8.16. The van der Waals surface area contributed by atoms with E-state index in [0.29, 0.717) is 0 Å². The van der Waals surface area contributed by atoms with Crippen LogP contribution in [0.4, 0.5) is 0 Å². The van der Waals surface area contributed by atoms with Gasteiger partial charge < -0.3 is 0 Å². The highest BCUT2D eigenvalue weighted by atomic mass is 14.1. The Kier molecular flexibility index (Phi) is 1.90. The second kappa shape index (κ2) is 3.46. The van der Waals surface area contributed by atoms with Gasteiger partial charge >= 0.3 is 0 Å². The molecule has 0 amide bonds. The summed E-state index contributed by atoms with van der Waals surface area (Å²) in [4.78, 5) is 0. The molecule has 0 saturated carbocycles. The highest BCUT2D eigenvalue weighted by Crippen LogP contribution is 2.36. The third kappa shape index (κ3) is 1.15. The molecule has 0 aromatic heterocycles. The minimum Gasteiger partial charge on any atom is -0.0610 e. The van der Waals surface area contributed by atoms with Gasteiger partial charge in [0.1, 0.15) is 0 Å². The Bertz CT molecular complexity index is 840. The van der Waals surface area contributed by atoms with Gasteiger partial charge in [-0.2, -0.15) is 0 Å². The summed E-state index contributed by atoms with van der Waals surface area (Å²) >= 11 is 0. The molecule has 0 aliphatic carbocycles. The SMILES string of the molecule is C[CH]c1ccc2ccc3cccc4ccc1c2c34. The van der Waals surface area contributed by atoms with E-state index in [9.17, 15) is 0 Å². The van der Waals surface area contributed by atoms with Gasteiger partial charge in [-0.15, -0.1) is 0 Å². The highest BCUT2D eigenvalue weighted by Gasteiger charge is 2.09. The minimum atomic E-state index is 1.32. The first-order valence-electron chi connectivity index (χ1n) is 6.34. The Balaban J connectivity index is 2.40. The fourth-order valence-electron chi connectivity index (χ4n) is 3.01. The zero-order valence-electron chi connectivity index (χ0n) is 10.3. The molecule has 85 valence electrons. The van der Waals surface area contributed by atoms with Gasteiger partial charge in [0.05, 0.1) is 0 Å². The van der Waals surface area contributed by atoms with Gasteiger partial charge in [-0.3, -0.25) is 0 Å². The van der Waals surface area contributed by atoms with E-state index in [0.717, 1.165) is 0 Å². The maximum absolute atomic E-state index is 2.25. The van der Waals surface area contributed by atoms with Crippen LogP contribution in [0.15, 0.2) is 54.6 Å². The first kappa shape index (κ1) is 9.90. The Morgan fingerprint density at radius 3 is 2.00 bits per heavy atom. The van der Waals surface area contributed by atoms with E-state index in [2.05, 4.69) is 67.9 Å². The van der Waals surface area contributed by atoms with Crippen LogP contribution < -0.4 is 0 Å². The van der Waals surface area contributed by atoms with E-state index in [4.69, 9.17) is 0 Å². The molecule has 0 aliphatic heterocycles. The third-order valence-electron chi connectivity index (χ3n) is 3.87. The van der Waals surface area contributed by atoms with Crippen molar-refractivity contribution in [2.45, 2.75) is 6.92 Å². The van der Waals surface area contributed by atoms with Crippen molar-refractivity contribution in [3.05, 3.63) is 66.6 Å². The fraction of sp³-hybridized carbons (Fsp3) is 0.0556. The summed E-state index contributed by atoms with van der Waals surface area (Å²) in [5.41, 5.74) is 1.32. The van der Waals surface area contributed by atoms with E-state index in [1.54, 1.807) is 0 Å². The second-order valence-electron chi connectivity index (χ2n) is 4.80. The van der Waals surface area contributed by atoms with Gasteiger partial charge in [0.2, 0.25) is 0 Å². The highest BCUT2D eigenvalue weighted by molar-refractivity contribution is 6.23. The van der Waals surface area contributed by atoms with Crippen molar-refractivity contribution >= 4 is 32.3 Å². The molecule has 0 unspecified atom stereocenters. The van der Waals surface area contributed by atoms with Crippen molar-refractivity contribution in [1.29, 1.82) is 0 Å². The summed E-state index contributed by atoms with van der Waals surface area (Å²) in [6.07, 6.45) is 2.19.